The number of carbonyl (C=O) groups is 2. The number of benzene rings is 3. The first-order valence-electron chi connectivity index (χ1n) is 13.9. The lowest BCUT2D eigenvalue weighted by molar-refractivity contribution is -0.137. The van der Waals surface area contributed by atoms with Crippen molar-refractivity contribution in [2.24, 2.45) is 5.92 Å². The van der Waals surface area contributed by atoms with Crippen molar-refractivity contribution in [3.8, 4) is 5.75 Å². The summed E-state index contributed by atoms with van der Waals surface area (Å²) < 4.78 is 8.46. The number of hydrogen-bond acceptors (Lipinski definition) is 5. The van der Waals surface area contributed by atoms with Crippen LogP contribution in [0.25, 0.3) is 0 Å². The van der Waals surface area contributed by atoms with Gasteiger partial charge in [-0.15, -0.1) is 0 Å². The number of fused-ring (bicyclic) bond motifs is 1. The van der Waals surface area contributed by atoms with Crippen molar-refractivity contribution in [3.05, 3.63) is 94.0 Å². The summed E-state index contributed by atoms with van der Waals surface area (Å²) in [5.41, 5.74) is 5.98. The van der Waals surface area contributed by atoms with Crippen LogP contribution in [0.3, 0.4) is 0 Å². The average molecular weight is 546 g/mol. The van der Waals surface area contributed by atoms with E-state index in [2.05, 4.69) is 36.4 Å². The number of nitrogens with zero attached hydrogens (tertiary/aromatic N) is 1. The summed E-state index contributed by atoms with van der Waals surface area (Å²) in [6, 6.07) is 20.3. The van der Waals surface area contributed by atoms with Gasteiger partial charge in [0, 0.05) is 30.5 Å². The lowest BCUT2D eigenvalue weighted by Gasteiger charge is -2.24. The van der Waals surface area contributed by atoms with Crippen molar-refractivity contribution in [3.63, 3.8) is 0 Å². The Labute approximate surface area is 236 Å². The van der Waals surface area contributed by atoms with Crippen molar-refractivity contribution in [1.29, 1.82) is 0 Å². The van der Waals surface area contributed by atoms with Crippen LogP contribution in [0.1, 0.15) is 84.6 Å². The number of carboxylic acid groups (broad SMARTS) is 1. The van der Waals surface area contributed by atoms with Gasteiger partial charge in [0.05, 0.1) is 11.3 Å². The number of rotatable bonds is 10. The van der Waals surface area contributed by atoms with E-state index in [1.165, 1.54) is 11.1 Å². The molecule has 206 valence electrons. The zero-order chi connectivity index (χ0) is 28.1. The van der Waals surface area contributed by atoms with Crippen LogP contribution in [0, 0.1) is 12.8 Å². The molecule has 3 aromatic carbocycles. The van der Waals surface area contributed by atoms with E-state index in [9.17, 15) is 14.7 Å². The van der Waals surface area contributed by atoms with E-state index in [4.69, 9.17) is 4.74 Å². The second-order valence-electron chi connectivity index (χ2n) is 10.6. The van der Waals surface area contributed by atoms with Crippen molar-refractivity contribution in [2.75, 3.05) is 6.54 Å². The Bertz CT molecular complexity index is 1340. The van der Waals surface area contributed by atoms with Gasteiger partial charge in [0.15, 0.2) is 5.78 Å². The highest BCUT2D eigenvalue weighted by Crippen LogP contribution is 2.37. The van der Waals surface area contributed by atoms with Crippen molar-refractivity contribution in [2.45, 2.75) is 77.3 Å². The summed E-state index contributed by atoms with van der Waals surface area (Å²) in [6.07, 6.45) is 1.55. The van der Waals surface area contributed by atoms with Crippen molar-refractivity contribution >= 4 is 23.7 Å². The van der Waals surface area contributed by atoms with Crippen LogP contribution in [-0.2, 0) is 17.8 Å². The van der Waals surface area contributed by atoms with Crippen molar-refractivity contribution in [1.82, 2.24) is 4.31 Å². The van der Waals surface area contributed by atoms with E-state index in [1.807, 2.05) is 63.2 Å². The molecule has 0 spiro atoms. The zero-order valence-electron chi connectivity index (χ0n) is 23.6. The minimum Gasteiger partial charge on any atom is -0.488 e. The molecule has 0 saturated carbocycles. The van der Waals surface area contributed by atoms with Crippen molar-refractivity contribution < 1.29 is 19.4 Å². The molecule has 4 rings (SSSR count). The van der Waals surface area contributed by atoms with Gasteiger partial charge >= 0.3 is 5.97 Å². The fraction of sp³-hybridized carbons (Fsp3) is 0.394. The van der Waals surface area contributed by atoms with Gasteiger partial charge in [-0.25, -0.2) is 4.31 Å². The van der Waals surface area contributed by atoms with E-state index >= 15 is 0 Å². The Hall–Kier alpha value is -3.09. The third kappa shape index (κ3) is 6.92. The van der Waals surface area contributed by atoms with Gasteiger partial charge < -0.3 is 9.84 Å². The number of aryl methyl sites for hydroxylation is 2. The van der Waals surface area contributed by atoms with E-state index in [0.29, 0.717) is 6.54 Å². The topological polar surface area (TPSA) is 66.8 Å². The van der Waals surface area contributed by atoms with Crippen LogP contribution >= 0.6 is 11.9 Å². The SMILES string of the molecule is CCc1cc(C(CC(=O)O)c2ccc(C)c(CN3CC(C)Oc4ccccc4S3)c2)ccc1C(=O)C(C)CC. The first-order valence-corrected chi connectivity index (χ1v) is 14.6. The molecular formula is C33H39NO4S. The van der Waals surface area contributed by atoms with Crippen LogP contribution in [0.15, 0.2) is 65.6 Å². The van der Waals surface area contributed by atoms with Crippen LogP contribution < -0.4 is 4.74 Å². The normalized spacial score (nSPS) is 17.0. The number of ether oxygens (including phenoxy) is 1. The number of Topliss-reactive ketones (excluding diaryl/α,β-unsaturated/α-hetero) is 1. The Morgan fingerprint density at radius 3 is 2.44 bits per heavy atom. The fourth-order valence-electron chi connectivity index (χ4n) is 5.12. The Kier molecular flexibility index (Phi) is 9.52. The molecule has 0 aromatic heterocycles. The Morgan fingerprint density at radius 2 is 1.74 bits per heavy atom. The van der Waals surface area contributed by atoms with E-state index in [1.54, 1.807) is 11.9 Å². The van der Waals surface area contributed by atoms with Gasteiger partial charge in [-0.3, -0.25) is 9.59 Å². The number of carbonyl (C=O) groups excluding carboxylic acids is 1. The molecular weight excluding hydrogens is 506 g/mol. The molecule has 0 bridgehead atoms. The van der Waals surface area contributed by atoms with Gasteiger partial charge in [0.2, 0.25) is 0 Å². The minimum absolute atomic E-state index is 0.0129. The van der Waals surface area contributed by atoms with Crippen LogP contribution in [0.4, 0.5) is 0 Å². The predicted molar refractivity (Wildman–Crippen MR) is 158 cm³/mol. The Morgan fingerprint density at radius 1 is 1.05 bits per heavy atom. The van der Waals surface area contributed by atoms with Gasteiger partial charge in [0.25, 0.3) is 0 Å². The molecule has 1 heterocycles. The van der Waals surface area contributed by atoms with Crippen LogP contribution in [-0.4, -0.2) is 33.8 Å². The number of carboxylic acids is 1. The fourth-order valence-corrected chi connectivity index (χ4v) is 6.23. The summed E-state index contributed by atoms with van der Waals surface area (Å²) in [6.45, 7) is 11.7. The highest BCUT2D eigenvalue weighted by Gasteiger charge is 2.24. The molecule has 1 aliphatic rings. The molecule has 0 aliphatic carbocycles. The second-order valence-corrected chi connectivity index (χ2v) is 11.7. The molecule has 5 nitrogen and oxygen atoms in total. The highest BCUT2D eigenvalue weighted by molar-refractivity contribution is 7.97. The van der Waals surface area contributed by atoms with Crippen LogP contribution in [0.5, 0.6) is 5.75 Å². The second kappa shape index (κ2) is 12.8. The Balaban J connectivity index is 1.66. The molecule has 1 N–H and O–H groups in total. The monoisotopic (exact) mass is 545 g/mol. The molecule has 3 atom stereocenters. The first-order chi connectivity index (χ1) is 18.7. The number of ketones is 1. The summed E-state index contributed by atoms with van der Waals surface area (Å²) in [4.78, 5) is 26.1. The van der Waals surface area contributed by atoms with E-state index in [0.717, 1.165) is 52.3 Å². The predicted octanol–water partition coefficient (Wildman–Crippen LogP) is 7.68. The molecule has 6 heteroatoms. The number of hydrogen-bond donors (Lipinski definition) is 1. The summed E-state index contributed by atoms with van der Waals surface area (Å²) >= 11 is 1.70. The summed E-state index contributed by atoms with van der Waals surface area (Å²) in [5, 5.41) is 9.84. The number of aliphatic carboxylic acids is 1. The molecule has 0 saturated heterocycles. The third-order valence-electron chi connectivity index (χ3n) is 7.60. The maximum atomic E-state index is 13.0. The molecule has 0 radical (unpaired) electrons. The lowest BCUT2D eigenvalue weighted by Crippen LogP contribution is -2.27. The zero-order valence-corrected chi connectivity index (χ0v) is 24.4. The molecule has 3 unspecified atom stereocenters. The first kappa shape index (κ1) is 28.9. The smallest absolute Gasteiger partial charge is 0.304 e. The molecule has 39 heavy (non-hydrogen) atoms. The third-order valence-corrected chi connectivity index (χ3v) is 8.67. The van der Waals surface area contributed by atoms with E-state index in [-0.39, 0.29) is 30.1 Å². The molecule has 0 amide bonds. The van der Waals surface area contributed by atoms with E-state index < -0.39 is 5.97 Å². The highest BCUT2D eigenvalue weighted by atomic mass is 32.2. The summed E-state index contributed by atoms with van der Waals surface area (Å²) in [7, 11) is 0. The standard InChI is InChI=1S/C33H39NO4S/c1-6-21(3)33(37)28-15-14-26(16-24(28)7-2)29(18-32(35)36)25-13-12-22(4)27(17-25)20-34-19-23(5)38-30-10-8-9-11-31(30)39-34/h8-17,21,23,29H,6-7,18-20H2,1-5H3,(H,35,36). The largest absolute Gasteiger partial charge is 0.488 e. The van der Waals surface area contributed by atoms with Crippen LogP contribution in [0.2, 0.25) is 0 Å². The minimum atomic E-state index is -0.842. The maximum absolute atomic E-state index is 13.0. The van der Waals surface area contributed by atoms with Gasteiger partial charge in [-0.1, -0.05) is 69.3 Å². The summed E-state index contributed by atoms with van der Waals surface area (Å²) in [5.74, 6) is -0.118. The lowest BCUT2D eigenvalue weighted by atomic mass is 9.84. The molecule has 1 aliphatic heterocycles. The number of para-hydroxylation sites is 1. The average Bonchev–Trinajstić information content (AvgIpc) is 3.08. The molecule has 3 aromatic rings. The molecule has 0 fully saturated rings. The van der Waals surface area contributed by atoms with Gasteiger partial charge in [-0.2, -0.15) is 0 Å². The van der Waals surface area contributed by atoms with Gasteiger partial charge in [0.1, 0.15) is 11.9 Å². The quantitative estimate of drug-likeness (QED) is 0.208. The maximum Gasteiger partial charge on any atom is 0.304 e. The van der Waals surface area contributed by atoms with Gasteiger partial charge in [-0.05, 0) is 78.6 Å².